The lowest BCUT2D eigenvalue weighted by atomic mass is 9.96. The maximum Gasteiger partial charge on any atom is 0.217 e. The third kappa shape index (κ3) is 4.01. The van der Waals surface area contributed by atoms with E-state index in [1.165, 1.54) is 52.7 Å². The summed E-state index contributed by atoms with van der Waals surface area (Å²) in [6.07, 6.45) is 3.50. The maximum atomic E-state index is 6.36. The van der Waals surface area contributed by atoms with Crippen LogP contribution in [-0.4, -0.2) is 42.7 Å². The van der Waals surface area contributed by atoms with Crippen LogP contribution in [0.4, 0.5) is 5.69 Å². The Balaban J connectivity index is 1.43. The number of fused-ring (bicyclic) bond motifs is 2. The molecule has 2 aliphatic rings. The fourth-order valence-corrected chi connectivity index (χ4v) is 5.04. The molecule has 1 aromatic heterocycles. The summed E-state index contributed by atoms with van der Waals surface area (Å²) in [5.74, 6) is 1.25. The molecule has 3 aromatic rings. The summed E-state index contributed by atoms with van der Waals surface area (Å²) in [5.41, 5.74) is 5.09. The Morgan fingerprint density at radius 3 is 2.74 bits per heavy atom. The molecule has 3 heterocycles. The number of pyridine rings is 1. The number of likely N-dealkylation sites (tertiary alicyclic amines) is 1. The molecule has 5 rings (SSSR count). The third-order valence-electron chi connectivity index (χ3n) is 6.99. The topological polar surface area (TPSA) is 28.6 Å². The van der Waals surface area contributed by atoms with E-state index in [4.69, 9.17) is 9.72 Å². The highest BCUT2D eigenvalue weighted by Crippen LogP contribution is 2.34. The molecule has 2 aliphatic heterocycles. The maximum absolute atomic E-state index is 6.36. The highest BCUT2D eigenvalue weighted by Gasteiger charge is 2.25. The van der Waals surface area contributed by atoms with Gasteiger partial charge in [-0.25, -0.2) is 4.98 Å². The van der Waals surface area contributed by atoms with Crippen molar-refractivity contribution in [1.29, 1.82) is 0 Å². The van der Waals surface area contributed by atoms with Crippen LogP contribution in [0.15, 0.2) is 48.5 Å². The zero-order chi connectivity index (χ0) is 21.4. The smallest absolute Gasteiger partial charge is 0.217 e. The van der Waals surface area contributed by atoms with Crippen molar-refractivity contribution in [3.63, 3.8) is 0 Å². The van der Waals surface area contributed by atoms with Gasteiger partial charge in [-0.15, -0.1) is 0 Å². The Bertz CT molecular complexity index is 1070. The molecular formula is C27H33N3O. The van der Waals surface area contributed by atoms with E-state index in [1.54, 1.807) is 0 Å². The normalized spacial score (nSPS) is 19.2. The van der Waals surface area contributed by atoms with E-state index in [9.17, 15) is 0 Å². The largest absolute Gasteiger partial charge is 0.476 e. The van der Waals surface area contributed by atoms with Crippen molar-refractivity contribution in [3.8, 4) is 5.88 Å². The molecule has 0 radical (unpaired) electrons. The van der Waals surface area contributed by atoms with E-state index in [2.05, 4.69) is 79.2 Å². The van der Waals surface area contributed by atoms with E-state index in [0.717, 1.165) is 32.0 Å². The van der Waals surface area contributed by atoms with Gasteiger partial charge < -0.3 is 14.5 Å². The van der Waals surface area contributed by atoms with E-state index < -0.39 is 0 Å². The highest BCUT2D eigenvalue weighted by atomic mass is 16.5. The molecule has 0 N–H and O–H groups in total. The highest BCUT2D eigenvalue weighted by molar-refractivity contribution is 5.94. The molecule has 4 heteroatoms. The summed E-state index contributed by atoms with van der Waals surface area (Å²) >= 11 is 0. The van der Waals surface area contributed by atoms with Crippen LogP contribution >= 0.6 is 0 Å². The number of hydrogen-bond donors (Lipinski definition) is 0. The number of hydrogen-bond acceptors (Lipinski definition) is 4. The summed E-state index contributed by atoms with van der Waals surface area (Å²) in [4.78, 5) is 9.98. The number of ether oxygens (including phenoxy) is 1. The Kier molecular flexibility index (Phi) is 5.58. The summed E-state index contributed by atoms with van der Waals surface area (Å²) in [6.45, 7) is 8.23. The second kappa shape index (κ2) is 8.51. The first-order chi connectivity index (χ1) is 15.1. The van der Waals surface area contributed by atoms with Gasteiger partial charge in [0, 0.05) is 29.2 Å². The third-order valence-corrected chi connectivity index (χ3v) is 6.99. The van der Waals surface area contributed by atoms with Crippen LogP contribution in [0, 0.1) is 0 Å². The van der Waals surface area contributed by atoms with Gasteiger partial charge in [0.25, 0.3) is 0 Å². The Morgan fingerprint density at radius 1 is 1.10 bits per heavy atom. The van der Waals surface area contributed by atoms with Gasteiger partial charge in [0.15, 0.2) is 0 Å². The molecule has 0 bridgehead atoms. The zero-order valence-corrected chi connectivity index (χ0v) is 19.0. The van der Waals surface area contributed by atoms with Gasteiger partial charge >= 0.3 is 0 Å². The molecule has 1 fully saturated rings. The van der Waals surface area contributed by atoms with Crippen molar-refractivity contribution in [2.75, 3.05) is 31.6 Å². The lowest BCUT2D eigenvalue weighted by Gasteiger charge is -2.32. The minimum absolute atomic E-state index is 0.408. The molecule has 162 valence electrons. The van der Waals surface area contributed by atoms with Crippen LogP contribution in [0.25, 0.3) is 10.8 Å². The second-order valence-corrected chi connectivity index (χ2v) is 9.40. The fourth-order valence-electron chi connectivity index (χ4n) is 5.04. The predicted octanol–water partition coefficient (Wildman–Crippen LogP) is 5.39. The molecule has 0 spiro atoms. The number of nitrogens with zero attached hydrogens (tertiary/aromatic N) is 3. The van der Waals surface area contributed by atoms with Crippen molar-refractivity contribution >= 4 is 16.5 Å². The quantitative estimate of drug-likeness (QED) is 0.558. The number of likely N-dealkylation sites (N-methyl/N-ethyl adjacent to an activating group) is 1. The van der Waals surface area contributed by atoms with Crippen molar-refractivity contribution in [2.24, 2.45) is 0 Å². The molecular weight excluding hydrogens is 382 g/mol. The Labute approximate surface area is 185 Å². The van der Waals surface area contributed by atoms with E-state index in [1.807, 2.05) is 0 Å². The predicted molar refractivity (Wildman–Crippen MR) is 128 cm³/mol. The number of benzene rings is 2. The van der Waals surface area contributed by atoms with Gasteiger partial charge in [0.2, 0.25) is 5.88 Å². The van der Waals surface area contributed by atoms with E-state index in [-0.39, 0.29) is 0 Å². The van der Waals surface area contributed by atoms with Crippen LogP contribution in [0.5, 0.6) is 5.88 Å². The molecule has 0 saturated carbocycles. The minimum Gasteiger partial charge on any atom is -0.476 e. The zero-order valence-electron chi connectivity index (χ0n) is 19.0. The van der Waals surface area contributed by atoms with Crippen molar-refractivity contribution < 1.29 is 4.74 Å². The van der Waals surface area contributed by atoms with Crippen LogP contribution in [0.2, 0.25) is 0 Å². The number of aromatic nitrogens is 1. The van der Waals surface area contributed by atoms with Crippen LogP contribution in [0.3, 0.4) is 0 Å². The molecule has 1 atom stereocenters. The van der Waals surface area contributed by atoms with Gasteiger partial charge in [0.1, 0.15) is 6.61 Å². The van der Waals surface area contributed by atoms with Gasteiger partial charge in [-0.2, -0.15) is 0 Å². The first-order valence-electron chi connectivity index (χ1n) is 11.7. The summed E-state index contributed by atoms with van der Waals surface area (Å²) in [5, 5.41) is 2.60. The molecule has 0 aliphatic carbocycles. The monoisotopic (exact) mass is 415 g/mol. The van der Waals surface area contributed by atoms with Crippen LogP contribution in [-0.2, 0) is 13.0 Å². The van der Waals surface area contributed by atoms with Gasteiger partial charge in [-0.05, 0) is 61.9 Å². The molecule has 0 amide bonds. The van der Waals surface area contributed by atoms with Crippen LogP contribution in [0.1, 0.15) is 49.4 Å². The molecule has 4 nitrogen and oxygen atoms in total. The van der Waals surface area contributed by atoms with Crippen molar-refractivity contribution in [2.45, 2.75) is 51.6 Å². The van der Waals surface area contributed by atoms with Crippen molar-refractivity contribution in [1.82, 2.24) is 9.88 Å². The Morgan fingerprint density at radius 2 is 1.94 bits per heavy atom. The first-order valence-corrected chi connectivity index (χ1v) is 11.7. The Hall–Kier alpha value is -2.59. The van der Waals surface area contributed by atoms with E-state index in [0.29, 0.717) is 12.0 Å². The lowest BCUT2D eigenvalue weighted by Crippen LogP contribution is -2.32. The summed E-state index contributed by atoms with van der Waals surface area (Å²) in [7, 11) is 2.20. The second-order valence-electron chi connectivity index (χ2n) is 9.40. The number of anilines is 1. The standard InChI is InChI=1S/C27H33N3O/c1-19(2)24-16-21-13-15-30(26-12-6-9-20-8-4-5-11-23(20)26)17-25(21)28-27(24)31-18-22-10-7-14-29(22)3/h4-6,8-9,11-12,16,19,22H,7,10,13-15,17-18H2,1-3H3/t22-/m1/s1. The average Bonchev–Trinajstić information content (AvgIpc) is 3.20. The minimum atomic E-state index is 0.408. The van der Waals surface area contributed by atoms with Gasteiger partial charge in [-0.1, -0.05) is 50.2 Å². The lowest BCUT2D eigenvalue weighted by molar-refractivity contribution is 0.191. The van der Waals surface area contributed by atoms with E-state index >= 15 is 0 Å². The molecule has 1 saturated heterocycles. The van der Waals surface area contributed by atoms with Gasteiger partial charge in [-0.3, -0.25) is 0 Å². The molecule has 31 heavy (non-hydrogen) atoms. The molecule has 0 unspecified atom stereocenters. The van der Waals surface area contributed by atoms with Gasteiger partial charge in [0.05, 0.1) is 12.2 Å². The summed E-state index contributed by atoms with van der Waals surface area (Å²) in [6, 6.07) is 18.1. The number of rotatable bonds is 5. The van der Waals surface area contributed by atoms with Crippen molar-refractivity contribution in [3.05, 3.63) is 65.4 Å². The SMILES string of the molecule is CC(C)c1cc2c(nc1OC[C@H]1CCCN1C)CN(c1cccc3ccccc13)CC2. The first kappa shape index (κ1) is 20.3. The van der Waals surface area contributed by atoms with Crippen LogP contribution < -0.4 is 9.64 Å². The fraction of sp³-hybridized carbons (Fsp3) is 0.444. The summed E-state index contributed by atoms with van der Waals surface area (Å²) < 4.78 is 6.36. The molecule has 2 aromatic carbocycles. The average molecular weight is 416 g/mol.